The third kappa shape index (κ3) is 4.29. The largest absolute Gasteiger partial charge is 0.496 e. The first-order valence-electron chi connectivity index (χ1n) is 8.40. The van der Waals surface area contributed by atoms with Crippen molar-refractivity contribution in [3.63, 3.8) is 0 Å². The molecule has 0 atom stereocenters. The van der Waals surface area contributed by atoms with Crippen LogP contribution in [0.5, 0.6) is 5.75 Å². The van der Waals surface area contributed by atoms with Crippen molar-refractivity contribution in [3.8, 4) is 5.75 Å². The average Bonchev–Trinajstić information content (AvgIpc) is 2.68. The van der Waals surface area contributed by atoms with Gasteiger partial charge in [0.25, 0.3) is 5.56 Å². The van der Waals surface area contributed by atoms with Gasteiger partial charge in [-0.05, 0) is 24.3 Å². The summed E-state index contributed by atoms with van der Waals surface area (Å²) < 4.78 is 11.5. The molecule has 0 bridgehead atoms. The minimum atomic E-state index is -0.280. The molecular weight excluding hydrogens is 348 g/mol. The van der Waals surface area contributed by atoms with Crippen LogP contribution in [-0.4, -0.2) is 41.7 Å². The number of methoxy groups -OCH3 is 2. The normalized spacial score (nSPS) is 10.7. The van der Waals surface area contributed by atoms with Gasteiger partial charge in [0.1, 0.15) is 11.3 Å². The number of nitrogens with zero attached hydrogens (tertiary/aromatic N) is 3. The Morgan fingerprint density at radius 3 is 2.78 bits per heavy atom. The number of fused-ring (bicyclic) bond motifs is 1. The topological polar surface area (TPSA) is 95.3 Å². The number of para-hydroxylation sites is 1. The van der Waals surface area contributed by atoms with E-state index in [9.17, 15) is 9.59 Å². The van der Waals surface area contributed by atoms with Crippen LogP contribution in [0.25, 0.3) is 10.9 Å². The monoisotopic (exact) mass is 368 g/mol. The van der Waals surface area contributed by atoms with Crippen molar-refractivity contribution in [2.45, 2.75) is 13.0 Å². The number of rotatable bonds is 7. The van der Waals surface area contributed by atoms with Gasteiger partial charge in [0.05, 0.1) is 32.1 Å². The molecule has 1 aromatic heterocycles. The van der Waals surface area contributed by atoms with Gasteiger partial charge < -0.3 is 14.8 Å². The zero-order valence-electron chi connectivity index (χ0n) is 15.1. The van der Waals surface area contributed by atoms with Crippen molar-refractivity contribution >= 4 is 22.5 Å². The molecule has 8 heteroatoms. The number of carbonyl (C=O) groups is 1. The average molecular weight is 368 g/mol. The van der Waals surface area contributed by atoms with Gasteiger partial charge in [-0.15, -0.1) is 5.10 Å². The molecule has 1 amide bonds. The Hall–Kier alpha value is -3.26. The summed E-state index contributed by atoms with van der Waals surface area (Å²) in [7, 11) is 3.12. The zero-order chi connectivity index (χ0) is 19.2. The number of amides is 1. The summed E-state index contributed by atoms with van der Waals surface area (Å²) in [6.07, 6.45) is 0.161. The van der Waals surface area contributed by atoms with E-state index in [2.05, 4.69) is 15.6 Å². The van der Waals surface area contributed by atoms with Gasteiger partial charge in [0.15, 0.2) is 0 Å². The first-order valence-corrected chi connectivity index (χ1v) is 8.40. The summed E-state index contributed by atoms with van der Waals surface area (Å²) in [6.45, 7) is 0.665. The zero-order valence-corrected chi connectivity index (χ0v) is 15.1. The summed E-state index contributed by atoms with van der Waals surface area (Å²) in [5.41, 5.74) is 1.49. The summed E-state index contributed by atoms with van der Waals surface area (Å²) in [5.74, 6) is 0.447. The van der Waals surface area contributed by atoms with Crippen LogP contribution in [0.1, 0.15) is 5.56 Å². The Bertz CT molecular complexity index is 1020. The van der Waals surface area contributed by atoms with Crippen molar-refractivity contribution in [3.05, 3.63) is 58.4 Å². The van der Waals surface area contributed by atoms with Crippen LogP contribution in [-0.2, 0) is 22.5 Å². The van der Waals surface area contributed by atoms with Crippen LogP contribution in [0, 0.1) is 0 Å². The molecule has 0 unspecified atom stereocenters. The predicted octanol–water partition coefficient (Wildman–Crippen LogP) is 1.63. The van der Waals surface area contributed by atoms with Crippen molar-refractivity contribution in [2.24, 2.45) is 0 Å². The SMILES string of the molecule is COCCn1nnc2ccc(NC(=O)Cc3ccccc3OC)cc2c1=O. The van der Waals surface area contributed by atoms with E-state index >= 15 is 0 Å². The molecule has 0 aliphatic carbocycles. The molecule has 0 aliphatic rings. The third-order valence-electron chi connectivity index (χ3n) is 4.06. The number of aromatic nitrogens is 3. The first-order chi connectivity index (χ1) is 13.1. The van der Waals surface area contributed by atoms with Crippen molar-refractivity contribution in [1.29, 1.82) is 0 Å². The second-order valence-corrected chi connectivity index (χ2v) is 5.88. The maximum atomic E-state index is 12.5. The number of hydrogen-bond donors (Lipinski definition) is 1. The van der Waals surface area contributed by atoms with Crippen molar-refractivity contribution in [2.75, 3.05) is 26.1 Å². The van der Waals surface area contributed by atoms with Gasteiger partial charge in [0.2, 0.25) is 5.91 Å². The lowest BCUT2D eigenvalue weighted by atomic mass is 10.1. The van der Waals surface area contributed by atoms with E-state index in [0.29, 0.717) is 35.5 Å². The molecule has 0 aliphatic heterocycles. The molecule has 8 nitrogen and oxygen atoms in total. The molecule has 3 rings (SSSR count). The van der Waals surface area contributed by atoms with Gasteiger partial charge >= 0.3 is 0 Å². The summed E-state index contributed by atoms with van der Waals surface area (Å²) >= 11 is 0. The standard InChI is InChI=1S/C19H20N4O4/c1-26-10-9-23-19(25)15-12-14(7-8-16(15)21-22-23)20-18(24)11-13-5-3-4-6-17(13)27-2/h3-8,12H,9-11H2,1-2H3,(H,20,24). The van der Waals surface area contributed by atoms with Crippen molar-refractivity contribution < 1.29 is 14.3 Å². The second kappa shape index (κ2) is 8.41. The highest BCUT2D eigenvalue weighted by molar-refractivity contribution is 5.94. The highest BCUT2D eigenvalue weighted by atomic mass is 16.5. The summed E-state index contributed by atoms with van der Waals surface area (Å²) in [5, 5.41) is 11.1. The molecule has 0 saturated carbocycles. The highest BCUT2D eigenvalue weighted by Crippen LogP contribution is 2.19. The van der Waals surface area contributed by atoms with Crippen LogP contribution in [0.3, 0.4) is 0 Å². The second-order valence-electron chi connectivity index (χ2n) is 5.88. The lowest BCUT2D eigenvalue weighted by Crippen LogP contribution is -2.26. The van der Waals surface area contributed by atoms with Crippen LogP contribution < -0.4 is 15.6 Å². The minimum Gasteiger partial charge on any atom is -0.496 e. The van der Waals surface area contributed by atoms with E-state index in [-0.39, 0.29) is 17.9 Å². The quantitative estimate of drug-likeness (QED) is 0.681. The van der Waals surface area contributed by atoms with Gasteiger partial charge in [-0.2, -0.15) is 0 Å². The van der Waals surface area contributed by atoms with Gasteiger partial charge in [-0.1, -0.05) is 23.4 Å². The molecule has 0 spiro atoms. The van der Waals surface area contributed by atoms with Crippen LogP contribution in [0.2, 0.25) is 0 Å². The number of benzene rings is 2. The predicted molar refractivity (Wildman–Crippen MR) is 101 cm³/mol. The molecule has 0 radical (unpaired) electrons. The van der Waals surface area contributed by atoms with E-state index in [1.807, 2.05) is 18.2 Å². The minimum absolute atomic E-state index is 0.161. The van der Waals surface area contributed by atoms with Crippen LogP contribution in [0.15, 0.2) is 47.3 Å². The Kier molecular flexibility index (Phi) is 5.77. The highest BCUT2D eigenvalue weighted by Gasteiger charge is 2.11. The lowest BCUT2D eigenvalue weighted by Gasteiger charge is -2.10. The summed E-state index contributed by atoms with van der Waals surface area (Å²) in [6, 6.07) is 12.3. The van der Waals surface area contributed by atoms with E-state index in [1.165, 1.54) is 4.68 Å². The van der Waals surface area contributed by atoms with Crippen LogP contribution >= 0.6 is 0 Å². The Morgan fingerprint density at radius 2 is 2.00 bits per heavy atom. The molecule has 1 heterocycles. The van der Waals surface area contributed by atoms with E-state index in [0.717, 1.165) is 5.56 Å². The van der Waals surface area contributed by atoms with E-state index < -0.39 is 0 Å². The Labute approximate surface area is 155 Å². The van der Waals surface area contributed by atoms with Gasteiger partial charge in [0, 0.05) is 18.4 Å². The number of nitrogens with one attached hydrogen (secondary N) is 1. The maximum Gasteiger partial charge on any atom is 0.277 e. The van der Waals surface area contributed by atoms with Gasteiger partial charge in [-0.25, -0.2) is 4.68 Å². The molecule has 2 aromatic carbocycles. The molecule has 0 saturated heterocycles. The number of carbonyl (C=O) groups excluding carboxylic acids is 1. The molecular formula is C19H20N4O4. The van der Waals surface area contributed by atoms with E-state index in [1.54, 1.807) is 38.5 Å². The number of hydrogen-bond acceptors (Lipinski definition) is 6. The van der Waals surface area contributed by atoms with Gasteiger partial charge in [-0.3, -0.25) is 9.59 Å². The molecule has 140 valence electrons. The molecule has 1 N–H and O–H groups in total. The fourth-order valence-corrected chi connectivity index (χ4v) is 2.71. The molecule has 3 aromatic rings. The third-order valence-corrected chi connectivity index (χ3v) is 4.06. The Balaban J connectivity index is 1.81. The fourth-order valence-electron chi connectivity index (χ4n) is 2.71. The fraction of sp³-hybridized carbons (Fsp3) is 0.263. The maximum absolute atomic E-state index is 12.5. The Morgan fingerprint density at radius 1 is 1.19 bits per heavy atom. The number of ether oxygens (including phenoxy) is 2. The van der Waals surface area contributed by atoms with Crippen molar-refractivity contribution in [1.82, 2.24) is 15.0 Å². The molecule has 0 fully saturated rings. The first kappa shape index (κ1) is 18.5. The van der Waals surface area contributed by atoms with E-state index in [4.69, 9.17) is 9.47 Å². The summed E-state index contributed by atoms with van der Waals surface area (Å²) in [4.78, 5) is 24.9. The van der Waals surface area contributed by atoms with Crippen LogP contribution in [0.4, 0.5) is 5.69 Å². The lowest BCUT2D eigenvalue weighted by molar-refractivity contribution is -0.115. The number of anilines is 1. The molecule has 27 heavy (non-hydrogen) atoms. The smallest absolute Gasteiger partial charge is 0.277 e.